The number of hydrogen-bond donors (Lipinski definition) is 4. The van der Waals surface area contributed by atoms with E-state index in [1.165, 1.54) is 7.11 Å². The Hall–Kier alpha value is -4.33. The summed E-state index contributed by atoms with van der Waals surface area (Å²) < 4.78 is 16.1. The van der Waals surface area contributed by atoms with Gasteiger partial charge in [0.2, 0.25) is 0 Å². The van der Waals surface area contributed by atoms with Gasteiger partial charge in [0.25, 0.3) is 0 Å². The van der Waals surface area contributed by atoms with Crippen LogP contribution in [0.2, 0.25) is 0 Å². The van der Waals surface area contributed by atoms with Crippen molar-refractivity contribution in [3.8, 4) is 22.6 Å². The molecule has 0 atom stereocenters. The highest BCUT2D eigenvalue weighted by molar-refractivity contribution is 5.95. The van der Waals surface area contributed by atoms with Gasteiger partial charge in [-0.25, -0.2) is 4.79 Å². The summed E-state index contributed by atoms with van der Waals surface area (Å²) in [6, 6.07) is 19.8. The zero-order valence-electron chi connectivity index (χ0n) is 17.6. The highest BCUT2D eigenvalue weighted by atomic mass is 16.6. The average Bonchev–Trinajstić information content (AvgIpc) is 2.81. The Morgan fingerprint density at radius 2 is 1.38 bits per heavy atom. The largest absolute Gasteiger partial charge is 0.489 e. The number of amidine groups is 2. The number of nitrogens with one attached hydrogen (secondary N) is 2. The molecule has 0 unspecified atom stereocenters. The van der Waals surface area contributed by atoms with E-state index in [0.29, 0.717) is 22.6 Å². The molecule has 32 heavy (non-hydrogen) atoms. The Morgan fingerprint density at radius 3 is 1.94 bits per heavy atom. The fourth-order valence-corrected chi connectivity index (χ4v) is 2.93. The van der Waals surface area contributed by atoms with Crippen molar-refractivity contribution in [2.24, 2.45) is 11.5 Å². The standard InChI is InChI=1S/C24H24N4O4/c1-30-22(29)14-32-21-11-15(13-31-20-8-6-18(7-9-20)24(27)28)10-19(12-21)16-2-4-17(5-3-16)23(25)26/h2-12H,13-14H2,1H3,(H3,25,26)(H3,27,28). The molecular formula is C24H24N4O4. The van der Waals surface area contributed by atoms with Gasteiger partial charge in [-0.05, 0) is 59.2 Å². The Balaban J connectivity index is 1.84. The molecule has 0 radical (unpaired) electrons. The highest BCUT2D eigenvalue weighted by Gasteiger charge is 2.09. The molecule has 164 valence electrons. The minimum absolute atomic E-state index is 0.00315. The lowest BCUT2D eigenvalue weighted by Gasteiger charge is -2.13. The molecule has 3 rings (SSSR count). The summed E-state index contributed by atoms with van der Waals surface area (Å²) in [6.45, 7) is 0.0450. The summed E-state index contributed by atoms with van der Waals surface area (Å²) >= 11 is 0. The van der Waals surface area contributed by atoms with Gasteiger partial charge in [-0.3, -0.25) is 10.8 Å². The molecule has 0 heterocycles. The van der Waals surface area contributed by atoms with Crippen LogP contribution in [0.1, 0.15) is 16.7 Å². The van der Waals surface area contributed by atoms with Crippen molar-refractivity contribution in [1.29, 1.82) is 10.8 Å². The third-order valence-electron chi connectivity index (χ3n) is 4.65. The van der Waals surface area contributed by atoms with Gasteiger partial charge in [0.1, 0.15) is 29.8 Å². The molecule has 3 aromatic rings. The summed E-state index contributed by atoms with van der Waals surface area (Å²) in [5.74, 6) is 0.630. The SMILES string of the molecule is COC(=O)COc1cc(COc2ccc(C(=N)N)cc2)cc(-c2ccc(C(=N)N)cc2)c1. The molecule has 3 aromatic carbocycles. The molecule has 0 aliphatic heterocycles. The molecule has 8 nitrogen and oxygen atoms in total. The van der Waals surface area contributed by atoms with Crippen LogP contribution >= 0.6 is 0 Å². The second-order valence-corrected chi connectivity index (χ2v) is 6.95. The van der Waals surface area contributed by atoms with Crippen LogP contribution in [0, 0.1) is 10.8 Å². The number of esters is 1. The summed E-state index contributed by atoms with van der Waals surface area (Å²) in [5.41, 5.74) is 14.8. The van der Waals surface area contributed by atoms with E-state index in [0.717, 1.165) is 16.7 Å². The molecule has 0 saturated heterocycles. The first-order valence-corrected chi connectivity index (χ1v) is 9.71. The van der Waals surface area contributed by atoms with E-state index >= 15 is 0 Å². The van der Waals surface area contributed by atoms with Crippen LogP contribution in [0.5, 0.6) is 11.5 Å². The van der Waals surface area contributed by atoms with Crippen molar-refractivity contribution in [2.45, 2.75) is 6.61 Å². The predicted molar refractivity (Wildman–Crippen MR) is 122 cm³/mol. The minimum atomic E-state index is -0.482. The van der Waals surface area contributed by atoms with Crippen LogP contribution in [0.4, 0.5) is 0 Å². The number of benzene rings is 3. The maximum Gasteiger partial charge on any atom is 0.343 e. The van der Waals surface area contributed by atoms with E-state index < -0.39 is 5.97 Å². The van der Waals surface area contributed by atoms with E-state index in [-0.39, 0.29) is 24.9 Å². The van der Waals surface area contributed by atoms with E-state index in [4.69, 9.17) is 31.8 Å². The average molecular weight is 432 g/mol. The lowest BCUT2D eigenvalue weighted by molar-refractivity contribution is -0.142. The van der Waals surface area contributed by atoms with Crippen LogP contribution in [0.15, 0.2) is 66.7 Å². The van der Waals surface area contributed by atoms with E-state index in [1.54, 1.807) is 42.5 Å². The van der Waals surface area contributed by atoms with Gasteiger partial charge >= 0.3 is 5.97 Å². The number of carbonyl (C=O) groups excluding carboxylic acids is 1. The normalized spacial score (nSPS) is 10.3. The molecular weight excluding hydrogens is 408 g/mol. The molecule has 0 aliphatic carbocycles. The van der Waals surface area contributed by atoms with Crippen molar-refractivity contribution < 1.29 is 19.0 Å². The molecule has 0 saturated carbocycles. The molecule has 6 N–H and O–H groups in total. The van der Waals surface area contributed by atoms with Crippen LogP contribution in [-0.2, 0) is 16.1 Å². The number of hydrogen-bond acceptors (Lipinski definition) is 6. The van der Waals surface area contributed by atoms with Crippen molar-refractivity contribution >= 4 is 17.6 Å². The van der Waals surface area contributed by atoms with Gasteiger partial charge in [0.15, 0.2) is 6.61 Å². The fourth-order valence-electron chi connectivity index (χ4n) is 2.93. The lowest BCUT2D eigenvalue weighted by Crippen LogP contribution is -2.12. The maximum atomic E-state index is 11.5. The molecule has 0 aliphatic rings. The van der Waals surface area contributed by atoms with Crippen LogP contribution in [0.3, 0.4) is 0 Å². The fraction of sp³-hybridized carbons (Fsp3) is 0.125. The predicted octanol–water partition coefficient (Wildman–Crippen LogP) is 3.05. The Bertz CT molecular complexity index is 1130. The third-order valence-corrected chi connectivity index (χ3v) is 4.65. The Labute approximate surface area is 185 Å². The van der Waals surface area contributed by atoms with Crippen molar-refractivity contribution in [3.63, 3.8) is 0 Å². The first-order chi connectivity index (χ1) is 15.4. The van der Waals surface area contributed by atoms with Gasteiger partial charge in [0, 0.05) is 11.1 Å². The highest BCUT2D eigenvalue weighted by Crippen LogP contribution is 2.27. The smallest absolute Gasteiger partial charge is 0.343 e. The molecule has 0 aromatic heterocycles. The van der Waals surface area contributed by atoms with Crippen molar-refractivity contribution in [2.75, 3.05) is 13.7 Å². The molecule has 0 fully saturated rings. The summed E-state index contributed by atoms with van der Waals surface area (Å²) in [7, 11) is 1.30. The zero-order chi connectivity index (χ0) is 23.1. The van der Waals surface area contributed by atoms with Gasteiger partial charge in [0.05, 0.1) is 7.11 Å². The van der Waals surface area contributed by atoms with Crippen molar-refractivity contribution in [1.82, 2.24) is 0 Å². The number of rotatable bonds is 9. The number of nitrogens with two attached hydrogens (primary N) is 2. The molecule has 0 spiro atoms. The summed E-state index contributed by atoms with van der Waals surface area (Å²) in [6.07, 6.45) is 0. The molecule has 0 bridgehead atoms. The Kier molecular flexibility index (Phi) is 7.07. The first kappa shape index (κ1) is 22.4. The van der Waals surface area contributed by atoms with E-state index in [2.05, 4.69) is 4.74 Å². The third kappa shape index (κ3) is 5.85. The van der Waals surface area contributed by atoms with E-state index in [1.807, 2.05) is 24.3 Å². The quantitative estimate of drug-likeness (QED) is 0.232. The minimum Gasteiger partial charge on any atom is -0.489 e. The molecule has 8 heteroatoms. The molecule has 0 amide bonds. The number of carbonyl (C=O) groups is 1. The van der Waals surface area contributed by atoms with Crippen molar-refractivity contribution in [3.05, 3.63) is 83.4 Å². The number of ether oxygens (including phenoxy) is 3. The Morgan fingerprint density at radius 1 is 0.781 bits per heavy atom. The summed E-state index contributed by atoms with van der Waals surface area (Å²) in [5, 5.41) is 15.0. The number of nitrogen functional groups attached to an aromatic ring is 2. The first-order valence-electron chi connectivity index (χ1n) is 9.71. The monoisotopic (exact) mass is 432 g/mol. The van der Waals surface area contributed by atoms with E-state index in [9.17, 15) is 4.79 Å². The van der Waals surface area contributed by atoms with Gasteiger partial charge < -0.3 is 25.7 Å². The second kappa shape index (κ2) is 10.1. The maximum absolute atomic E-state index is 11.5. The number of methoxy groups -OCH3 is 1. The van der Waals surface area contributed by atoms with Gasteiger partial charge in [-0.2, -0.15) is 0 Å². The van der Waals surface area contributed by atoms with Gasteiger partial charge in [-0.1, -0.05) is 24.3 Å². The second-order valence-electron chi connectivity index (χ2n) is 6.95. The summed E-state index contributed by atoms with van der Waals surface area (Å²) in [4.78, 5) is 11.5. The zero-order valence-corrected chi connectivity index (χ0v) is 17.6. The van der Waals surface area contributed by atoms with Crippen LogP contribution in [-0.4, -0.2) is 31.4 Å². The van der Waals surface area contributed by atoms with Crippen LogP contribution < -0.4 is 20.9 Å². The van der Waals surface area contributed by atoms with Crippen LogP contribution in [0.25, 0.3) is 11.1 Å². The van der Waals surface area contributed by atoms with Gasteiger partial charge in [-0.15, -0.1) is 0 Å². The lowest BCUT2D eigenvalue weighted by atomic mass is 10.0. The topological polar surface area (TPSA) is 145 Å².